The molecule has 110 valence electrons. The second-order valence-electron chi connectivity index (χ2n) is 6.25. The second-order valence-corrected chi connectivity index (χ2v) is 7.41. The Balaban J connectivity index is 1.94. The largest absolute Gasteiger partial charge is 0.326 e. The molecule has 2 aromatic heterocycles. The van der Waals surface area contributed by atoms with Crippen molar-refractivity contribution in [3.63, 3.8) is 0 Å². The van der Waals surface area contributed by atoms with E-state index in [2.05, 4.69) is 30.8 Å². The number of imidazole rings is 1. The van der Waals surface area contributed by atoms with Crippen LogP contribution in [0.3, 0.4) is 0 Å². The van der Waals surface area contributed by atoms with E-state index in [4.69, 9.17) is 10.7 Å². The van der Waals surface area contributed by atoms with Gasteiger partial charge in [-0.15, -0.1) is 0 Å². The van der Waals surface area contributed by atoms with Crippen molar-refractivity contribution in [2.45, 2.75) is 46.2 Å². The first kappa shape index (κ1) is 14.0. The van der Waals surface area contributed by atoms with Crippen LogP contribution < -0.4 is 5.73 Å². The molecule has 1 saturated heterocycles. The maximum Gasteiger partial charge on any atom is 0.212 e. The molecule has 2 unspecified atom stereocenters. The summed E-state index contributed by atoms with van der Waals surface area (Å²) in [6, 6.07) is 0.290. The third kappa shape index (κ3) is 2.36. The Morgan fingerprint density at radius 1 is 1.40 bits per heavy atom. The predicted octanol–water partition coefficient (Wildman–Crippen LogP) is 2.00. The first-order chi connectivity index (χ1) is 9.45. The highest BCUT2D eigenvalue weighted by atomic mass is 32.1. The number of nitrogens with two attached hydrogens (primary N) is 1. The van der Waals surface area contributed by atoms with Crippen LogP contribution >= 0.6 is 11.3 Å². The van der Waals surface area contributed by atoms with Crippen LogP contribution in [0.2, 0.25) is 0 Å². The fraction of sp³-hybridized carbons (Fsp3) is 0.714. The van der Waals surface area contributed by atoms with Crippen LogP contribution in [-0.2, 0) is 6.54 Å². The number of likely N-dealkylation sites (tertiary alicyclic amines) is 1. The molecule has 0 aliphatic carbocycles. The van der Waals surface area contributed by atoms with E-state index in [-0.39, 0.29) is 6.04 Å². The van der Waals surface area contributed by atoms with Crippen molar-refractivity contribution in [3.8, 4) is 0 Å². The summed E-state index contributed by atoms with van der Waals surface area (Å²) in [6.45, 7) is 11.6. The van der Waals surface area contributed by atoms with Crippen LogP contribution in [-0.4, -0.2) is 38.6 Å². The Kier molecular flexibility index (Phi) is 3.56. The molecule has 0 radical (unpaired) electrons. The van der Waals surface area contributed by atoms with Gasteiger partial charge in [-0.2, -0.15) is 5.10 Å². The van der Waals surface area contributed by atoms with Crippen LogP contribution in [0.4, 0.5) is 0 Å². The Bertz CT molecular complexity index is 604. The van der Waals surface area contributed by atoms with Gasteiger partial charge in [0.2, 0.25) is 4.96 Å². The third-order valence-electron chi connectivity index (χ3n) is 4.09. The zero-order chi connectivity index (χ0) is 14.4. The van der Waals surface area contributed by atoms with Gasteiger partial charge >= 0.3 is 0 Å². The zero-order valence-corrected chi connectivity index (χ0v) is 13.4. The van der Waals surface area contributed by atoms with Gasteiger partial charge in [0, 0.05) is 25.7 Å². The van der Waals surface area contributed by atoms with Crippen molar-refractivity contribution in [1.29, 1.82) is 0 Å². The van der Waals surface area contributed by atoms with Crippen molar-refractivity contribution >= 4 is 16.3 Å². The molecule has 3 rings (SSSR count). The molecule has 1 fully saturated rings. The molecule has 5 nitrogen and oxygen atoms in total. The molecule has 2 atom stereocenters. The fourth-order valence-corrected chi connectivity index (χ4v) is 3.72. The lowest BCUT2D eigenvalue weighted by Gasteiger charge is -2.16. The topological polar surface area (TPSA) is 59.5 Å². The van der Waals surface area contributed by atoms with Gasteiger partial charge in [-0.1, -0.05) is 32.1 Å². The standard InChI is InChI=1S/C14H23N5S/c1-8(2)13-12(7-18-5-9(3)11(15)6-18)19-14(16-13)20-10(4)17-19/h8-9,11H,5-7,15H2,1-4H3. The Hall–Kier alpha value is -0.980. The number of aromatic nitrogens is 3. The van der Waals surface area contributed by atoms with E-state index in [1.165, 1.54) is 11.4 Å². The van der Waals surface area contributed by atoms with E-state index in [0.717, 1.165) is 29.6 Å². The van der Waals surface area contributed by atoms with Crippen LogP contribution in [0.25, 0.3) is 4.96 Å². The molecule has 1 aliphatic rings. The summed E-state index contributed by atoms with van der Waals surface area (Å²) in [6.07, 6.45) is 0. The first-order valence-corrected chi connectivity index (χ1v) is 8.10. The molecule has 20 heavy (non-hydrogen) atoms. The van der Waals surface area contributed by atoms with Crippen molar-refractivity contribution in [2.24, 2.45) is 11.7 Å². The molecule has 0 aromatic carbocycles. The lowest BCUT2D eigenvalue weighted by Crippen LogP contribution is -2.28. The summed E-state index contributed by atoms with van der Waals surface area (Å²) in [5.74, 6) is 0.992. The van der Waals surface area contributed by atoms with Gasteiger partial charge < -0.3 is 5.73 Å². The summed E-state index contributed by atoms with van der Waals surface area (Å²) in [5, 5.41) is 5.68. The van der Waals surface area contributed by atoms with Gasteiger partial charge in [0.25, 0.3) is 0 Å². The van der Waals surface area contributed by atoms with Crippen molar-refractivity contribution in [1.82, 2.24) is 19.5 Å². The van der Waals surface area contributed by atoms with Gasteiger partial charge in [0.05, 0.1) is 11.4 Å². The summed E-state index contributed by atoms with van der Waals surface area (Å²) >= 11 is 1.66. The quantitative estimate of drug-likeness (QED) is 0.940. The smallest absolute Gasteiger partial charge is 0.212 e. The minimum atomic E-state index is 0.290. The van der Waals surface area contributed by atoms with Crippen LogP contribution in [0.15, 0.2) is 0 Å². The number of fused-ring (bicyclic) bond motifs is 1. The first-order valence-electron chi connectivity index (χ1n) is 7.28. The van der Waals surface area contributed by atoms with Crippen LogP contribution in [0.5, 0.6) is 0 Å². The molecule has 3 heterocycles. The van der Waals surface area contributed by atoms with Crippen LogP contribution in [0, 0.1) is 12.8 Å². The number of rotatable bonds is 3. The number of aryl methyl sites for hydroxylation is 1. The highest BCUT2D eigenvalue weighted by Gasteiger charge is 2.29. The van der Waals surface area contributed by atoms with Crippen molar-refractivity contribution in [3.05, 3.63) is 16.4 Å². The average molecular weight is 293 g/mol. The molecule has 0 bridgehead atoms. The summed E-state index contributed by atoms with van der Waals surface area (Å²) in [4.78, 5) is 8.22. The molecule has 0 amide bonds. The summed E-state index contributed by atoms with van der Waals surface area (Å²) in [7, 11) is 0. The maximum absolute atomic E-state index is 6.13. The highest BCUT2D eigenvalue weighted by Crippen LogP contribution is 2.26. The molecular weight excluding hydrogens is 270 g/mol. The monoisotopic (exact) mass is 293 g/mol. The average Bonchev–Trinajstić information content (AvgIpc) is 2.96. The van der Waals surface area contributed by atoms with E-state index in [0.29, 0.717) is 11.8 Å². The predicted molar refractivity (Wildman–Crippen MR) is 82.1 cm³/mol. The van der Waals surface area contributed by atoms with E-state index in [9.17, 15) is 0 Å². The van der Waals surface area contributed by atoms with Crippen molar-refractivity contribution < 1.29 is 0 Å². The molecule has 0 saturated carbocycles. The van der Waals surface area contributed by atoms with Gasteiger partial charge in [-0.05, 0) is 18.8 Å². The highest BCUT2D eigenvalue weighted by molar-refractivity contribution is 7.16. The van der Waals surface area contributed by atoms with Gasteiger partial charge in [-0.25, -0.2) is 9.50 Å². The number of nitrogens with zero attached hydrogens (tertiary/aromatic N) is 4. The maximum atomic E-state index is 6.13. The van der Waals surface area contributed by atoms with E-state index in [1.54, 1.807) is 11.3 Å². The Labute approximate surface area is 123 Å². The molecule has 6 heteroatoms. The van der Waals surface area contributed by atoms with Gasteiger partial charge in [-0.3, -0.25) is 4.90 Å². The zero-order valence-electron chi connectivity index (χ0n) is 12.6. The Morgan fingerprint density at radius 2 is 2.15 bits per heavy atom. The molecule has 2 N–H and O–H groups in total. The summed E-state index contributed by atoms with van der Waals surface area (Å²) < 4.78 is 2.03. The van der Waals surface area contributed by atoms with Crippen LogP contribution in [0.1, 0.15) is 43.1 Å². The number of hydrogen-bond donors (Lipinski definition) is 1. The molecule has 2 aromatic rings. The molecular formula is C14H23N5S. The van der Waals surface area contributed by atoms with E-state index in [1.807, 2.05) is 11.4 Å². The third-order valence-corrected chi connectivity index (χ3v) is 4.92. The lowest BCUT2D eigenvalue weighted by molar-refractivity contribution is 0.311. The van der Waals surface area contributed by atoms with Crippen molar-refractivity contribution in [2.75, 3.05) is 13.1 Å². The SMILES string of the molecule is Cc1nn2c(CN3CC(C)C(N)C3)c(C(C)C)nc2s1. The molecule has 0 spiro atoms. The van der Waals surface area contributed by atoms with Gasteiger partial charge in [0.15, 0.2) is 0 Å². The number of hydrogen-bond acceptors (Lipinski definition) is 5. The lowest BCUT2D eigenvalue weighted by atomic mass is 10.1. The summed E-state index contributed by atoms with van der Waals surface area (Å²) in [5.41, 5.74) is 8.55. The fourth-order valence-electron chi connectivity index (χ4n) is 2.95. The second kappa shape index (κ2) is 5.09. The minimum Gasteiger partial charge on any atom is -0.326 e. The van der Waals surface area contributed by atoms with Gasteiger partial charge in [0.1, 0.15) is 5.01 Å². The van der Waals surface area contributed by atoms with E-state index >= 15 is 0 Å². The minimum absolute atomic E-state index is 0.290. The molecule has 1 aliphatic heterocycles. The van der Waals surface area contributed by atoms with E-state index < -0.39 is 0 Å². The Morgan fingerprint density at radius 3 is 2.75 bits per heavy atom. The normalized spacial score (nSPS) is 24.3.